The van der Waals surface area contributed by atoms with Gasteiger partial charge in [0, 0.05) is 25.2 Å². The summed E-state index contributed by atoms with van der Waals surface area (Å²) in [4.78, 5) is 17.7. The van der Waals surface area contributed by atoms with E-state index in [0.29, 0.717) is 31.4 Å². The number of hydrogen-bond donors (Lipinski definition) is 1. The van der Waals surface area contributed by atoms with Crippen molar-refractivity contribution in [1.82, 2.24) is 9.88 Å². The summed E-state index contributed by atoms with van der Waals surface area (Å²) in [7, 11) is 0. The highest BCUT2D eigenvalue weighted by Gasteiger charge is 2.32. The Morgan fingerprint density at radius 3 is 2.67 bits per heavy atom. The molecule has 0 radical (unpaired) electrons. The second-order valence-corrected chi connectivity index (χ2v) is 5.16. The van der Waals surface area contributed by atoms with Gasteiger partial charge in [-0.05, 0) is 17.2 Å². The quantitative estimate of drug-likeness (QED) is 0.939. The molecular weight excluding hydrogens is 266 g/mol. The second kappa shape index (κ2) is 5.83. The van der Waals surface area contributed by atoms with Gasteiger partial charge in [-0.15, -0.1) is 0 Å². The van der Waals surface area contributed by atoms with E-state index in [1.807, 2.05) is 36.4 Å². The van der Waals surface area contributed by atoms with Crippen LogP contribution in [0.4, 0.5) is 10.6 Å². The molecule has 1 fully saturated rings. The third kappa shape index (κ3) is 3.13. The number of aromatic nitrogens is 1. The molecule has 5 heteroatoms. The number of nitrogens with zero attached hydrogens (tertiary/aromatic N) is 2. The zero-order chi connectivity index (χ0) is 14.7. The molecule has 1 saturated heterocycles. The Hall–Kier alpha value is -2.56. The number of likely N-dealkylation sites (tertiary alicyclic amines) is 1. The highest BCUT2D eigenvalue weighted by Crippen LogP contribution is 2.27. The minimum absolute atomic E-state index is 0.265. The van der Waals surface area contributed by atoms with Crippen LogP contribution in [0.2, 0.25) is 0 Å². The lowest BCUT2D eigenvalue weighted by molar-refractivity contribution is 0.0663. The van der Waals surface area contributed by atoms with Crippen LogP contribution >= 0.6 is 0 Å². The van der Waals surface area contributed by atoms with E-state index in [9.17, 15) is 4.79 Å². The zero-order valence-corrected chi connectivity index (χ0v) is 11.6. The number of pyridine rings is 1. The maximum atomic E-state index is 11.9. The average molecular weight is 283 g/mol. The molecule has 0 bridgehead atoms. The van der Waals surface area contributed by atoms with Gasteiger partial charge < -0.3 is 15.4 Å². The molecule has 1 aromatic heterocycles. The van der Waals surface area contributed by atoms with Gasteiger partial charge in [0.25, 0.3) is 0 Å². The Kier molecular flexibility index (Phi) is 3.73. The molecule has 1 aliphatic heterocycles. The van der Waals surface area contributed by atoms with Crippen molar-refractivity contribution in [2.45, 2.75) is 12.5 Å². The summed E-state index contributed by atoms with van der Waals surface area (Å²) in [5, 5.41) is 0. The number of hydrogen-bond acceptors (Lipinski definition) is 4. The minimum atomic E-state index is -0.265. The Labute approximate surface area is 123 Å². The van der Waals surface area contributed by atoms with Crippen LogP contribution in [0.3, 0.4) is 0 Å². The van der Waals surface area contributed by atoms with Gasteiger partial charge in [0.2, 0.25) is 0 Å². The van der Waals surface area contributed by atoms with E-state index in [1.165, 1.54) is 0 Å². The second-order valence-electron chi connectivity index (χ2n) is 5.16. The molecular formula is C16H17N3O2. The number of carbonyl (C=O) groups excluding carboxylic acids is 1. The van der Waals surface area contributed by atoms with Gasteiger partial charge in [-0.3, -0.25) is 0 Å². The summed E-state index contributed by atoms with van der Waals surface area (Å²) in [5.74, 6) is 0.833. The molecule has 1 amide bonds. The smallest absolute Gasteiger partial charge is 0.410 e. The maximum absolute atomic E-state index is 11.9. The molecule has 2 N–H and O–H groups in total. The van der Waals surface area contributed by atoms with Crippen molar-refractivity contribution < 1.29 is 9.53 Å². The predicted octanol–water partition coefficient (Wildman–Crippen LogP) is 2.40. The van der Waals surface area contributed by atoms with Gasteiger partial charge in [-0.25, -0.2) is 9.78 Å². The first-order valence-corrected chi connectivity index (χ1v) is 6.89. The van der Waals surface area contributed by atoms with Gasteiger partial charge >= 0.3 is 6.09 Å². The summed E-state index contributed by atoms with van der Waals surface area (Å²) in [5.41, 5.74) is 7.66. The van der Waals surface area contributed by atoms with E-state index in [2.05, 4.69) is 4.98 Å². The fourth-order valence-corrected chi connectivity index (χ4v) is 2.31. The molecule has 1 aromatic carbocycles. The number of benzene rings is 1. The van der Waals surface area contributed by atoms with Crippen molar-refractivity contribution in [3.63, 3.8) is 0 Å². The lowest BCUT2D eigenvalue weighted by Crippen LogP contribution is -2.48. The molecule has 3 rings (SSSR count). The van der Waals surface area contributed by atoms with Gasteiger partial charge in [0.05, 0.1) is 0 Å². The van der Waals surface area contributed by atoms with Crippen LogP contribution in [-0.4, -0.2) is 29.1 Å². The zero-order valence-electron chi connectivity index (χ0n) is 11.6. The van der Waals surface area contributed by atoms with Crippen molar-refractivity contribution >= 4 is 11.9 Å². The summed E-state index contributed by atoms with van der Waals surface area (Å²) >= 11 is 0. The fourth-order valence-electron chi connectivity index (χ4n) is 2.31. The molecule has 1 aliphatic rings. The normalized spacial score (nSPS) is 14.6. The fraction of sp³-hybridized carbons (Fsp3) is 0.250. The number of nitrogens with two attached hydrogens (primary N) is 1. The SMILES string of the molecule is Nc1ccc(C2CN(C(=O)OCc3ccccc3)C2)cn1. The van der Waals surface area contributed by atoms with E-state index in [0.717, 1.165) is 11.1 Å². The summed E-state index contributed by atoms with van der Waals surface area (Å²) in [6.07, 6.45) is 1.51. The molecule has 0 saturated carbocycles. The van der Waals surface area contributed by atoms with E-state index in [4.69, 9.17) is 10.5 Å². The number of ether oxygens (including phenoxy) is 1. The number of anilines is 1. The number of amides is 1. The third-order valence-corrected chi connectivity index (χ3v) is 3.63. The lowest BCUT2D eigenvalue weighted by Gasteiger charge is -2.38. The van der Waals surface area contributed by atoms with Crippen LogP contribution in [-0.2, 0) is 11.3 Å². The number of nitrogen functional groups attached to an aromatic ring is 1. The standard InChI is InChI=1S/C16H17N3O2/c17-15-7-6-13(8-18-15)14-9-19(10-14)16(20)21-11-12-4-2-1-3-5-12/h1-8,14H,9-11H2,(H2,17,18). The molecule has 21 heavy (non-hydrogen) atoms. The molecule has 0 spiro atoms. The van der Waals surface area contributed by atoms with Crippen molar-refractivity contribution in [3.05, 3.63) is 59.8 Å². The molecule has 2 aromatic rings. The molecule has 0 atom stereocenters. The Morgan fingerprint density at radius 1 is 1.24 bits per heavy atom. The van der Waals surface area contributed by atoms with Gasteiger partial charge in [-0.2, -0.15) is 0 Å². The lowest BCUT2D eigenvalue weighted by atomic mass is 9.93. The monoisotopic (exact) mass is 283 g/mol. The van der Waals surface area contributed by atoms with Crippen LogP contribution in [0.15, 0.2) is 48.7 Å². The molecule has 5 nitrogen and oxygen atoms in total. The van der Waals surface area contributed by atoms with Crippen molar-refractivity contribution in [3.8, 4) is 0 Å². The van der Waals surface area contributed by atoms with Gasteiger partial charge in [0.1, 0.15) is 12.4 Å². The predicted molar refractivity (Wildman–Crippen MR) is 79.6 cm³/mol. The maximum Gasteiger partial charge on any atom is 0.410 e. The first-order valence-electron chi connectivity index (χ1n) is 6.89. The van der Waals surface area contributed by atoms with Gasteiger partial charge in [-0.1, -0.05) is 36.4 Å². The molecule has 108 valence electrons. The van der Waals surface area contributed by atoms with Crippen LogP contribution in [0.1, 0.15) is 17.0 Å². The summed E-state index contributed by atoms with van der Waals surface area (Å²) < 4.78 is 5.29. The molecule has 0 aliphatic carbocycles. The highest BCUT2D eigenvalue weighted by atomic mass is 16.6. The minimum Gasteiger partial charge on any atom is -0.445 e. The third-order valence-electron chi connectivity index (χ3n) is 3.63. The van der Waals surface area contributed by atoms with Gasteiger partial charge in [0.15, 0.2) is 0 Å². The van der Waals surface area contributed by atoms with Crippen molar-refractivity contribution in [2.75, 3.05) is 18.8 Å². The first kappa shape index (κ1) is 13.4. The topological polar surface area (TPSA) is 68.5 Å². The van der Waals surface area contributed by atoms with Crippen molar-refractivity contribution in [1.29, 1.82) is 0 Å². The van der Waals surface area contributed by atoms with Crippen LogP contribution < -0.4 is 5.73 Å². The van der Waals surface area contributed by atoms with Crippen LogP contribution in [0.5, 0.6) is 0 Å². The van der Waals surface area contributed by atoms with E-state index < -0.39 is 0 Å². The van der Waals surface area contributed by atoms with Crippen LogP contribution in [0.25, 0.3) is 0 Å². The Balaban J connectivity index is 1.47. The molecule has 0 unspecified atom stereocenters. The van der Waals surface area contributed by atoms with Crippen LogP contribution in [0, 0.1) is 0 Å². The average Bonchev–Trinajstić information content (AvgIpc) is 2.47. The van der Waals surface area contributed by atoms with E-state index in [-0.39, 0.29) is 6.09 Å². The number of carbonyl (C=O) groups is 1. The summed E-state index contributed by atoms with van der Waals surface area (Å²) in [6.45, 7) is 1.64. The highest BCUT2D eigenvalue weighted by molar-refractivity contribution is 5.69. The first-order chi connectivity index (χ1) is 10.2. The van der Waals surface area contributed by atoms with E-state index in [1.54, 1.807) is 17.2 Å². The Morgan fingerprint density at radius 2 is 2.00 bits per heavy atom. The Bertz CT molecular complexity index is 607. The van der Waals surface area contributed by atoms with Crippen molar-refractivity contribution in [2.24, 2.45) is 0 Å². The summed E-state index contributed by atoms with van der Waals surface area (Å²) in [6, 6.07) is 13.4. The largest absolute Gasteiger partial charge is 0.445 e. The number of rotatable bonds is 3. The molecule has 2 heterocycles. The van der Waals surface area contributed by atoms with E-state index >= 15 is 0 Å².